The third-order valence-electron chi connectivity index (χ3n) is 5.32. The van der Waals surface area contributed by atoms with Gasteiger partial charge in [-0.15, -0.1) is 0 Å². The minimum atomic E-state index is 0.425. The Morgan fingerprint density at radius 3 is 2.62 bits per heavy atom. The number of hydrogen-bond donors (Lipinski definition) is 1. The van der Waals surface area contributed by atoms with E-state index in [4.69, 9.17) is 4.74 Å². The SMILES string of the molecule is CCCOCCCN1CC2(CCCCC2)NCC1C(C)C. The molecule has 1 saturated carbocycles. The Balaban J connectivity index is 1.85. The minimum absolute atomic E-state index is 0.425. The molecule has 124 valence electrons. The number of piperazine rings is 1. The van der Waals surface area contributed by atoms with Crippen molar-refractivity contribution in [1.29, 1.82) is 0 Å². The van der Waals surface area contributed by atoms with Crippen LogP contribution in [0.15, 0.2) is 0 Å². The molecule has 1 unspecified atom stereocenters. The quantitative estimate of drug-likeness (QED) is 0.728. The standard InChI is InChI=1S/C18H36N2O/c1-4-12-21-13-8-11-20-15-18(9-6-5-7-10-18)19-14-17(20)16(2)3/h16-17,19H,4-15H2,1-3H3. The van der Waals surface area contributed by atoms with Gasteiger partial charge in [0.1, 0.15) is 0 Å². The summed E-state index contributed by atoms with van der Waals surface area (Å²) in [4.78, 5) is 2.77. The highest BCUT2D eigenvalue weighted by molar-refractivity contribution is 5.00. The molecule has 1 heterocycles. The molecule has 1 aliphatic heterocycles. The van der Waals surface area contributed by atoms with Crippen molar-refractivity contribution < 1.29 is 4.74 Å². The average molecular weight is 296 g/mol. The zero-order valence-electron chi connectivity index (χ0n) is 14.5. The van der Waals surface area contributed by atoms with Crippen molar-refractivity contribution in [3.63, 3.8) is 0 Å². The van der Waals surface area contributed by atoms with Gasteiger partial charge in [0, 0.05) is 44.4 Å². The second-order valence-electron chi connectivity index (χ2n) is 7.47. The van der Waals surface area contributed by atoms with E-state index in [1.54, 1.807) is 0 Å². The average Bonchev–Trinajstić information content (AvgIpc) is 2.48. The van der Waals surface area contributed by atoms with Crippen molar-refractivity contribution in [2.75, 3.05) is 32.8 Å². The lowest BCUT2D eigenvalue weighted by Crippen LogP contribution is -2.65. The molecule has 0 radical (unpaired) electrons. The van der Waals surface area contributed by atoms with Crippen molar-refractivity contribution in [2.24, 2.45) is 5.92 Å². The predicted molar refractivity (Wildman–Crippen MR) is 89.7 cm³/mol. The normalized spacial score (nSPS) is 26.6. The first-order valence-electron chi connectivity index (χ1n) is 9.24. The van der Waals surface area contributed by atoms with Crippen LogP contribution in [0.2, 0.25) is 0 Å². The fourth-order valence-corrected chi connectivity index (χ4v) is 4.09. The van der Waals surface area contributed by atoms with Gasteiger partial charge in [0.15, 0.2) is 0 Å². The number of hydrogen-bond acceptors (Lipinski definition) is 3. The monoisotopic (exact) mass is 296 g/mol. The summed E-state index contributed by atoms with van der Waals surface area (Å²) in [6, 6.07) is 0.698. The van der Waals surface area contributed by atoms with Crippen molar-refractivity contribution >= 4 is 0 Å². The summed E-state index contributed by atoms with van der Waals surface area (Å²) in [7, 11) is 0. The Morgan fingerprint density at radius 2 is 1.95 bits per heavy atom. The molecule has 1 N–H and O–H groups in total. The van der Waals surface area contributed by atoms with E-state index in [2.05, 4.69) is 31.0 Å². The molecule has 2 fully saturated rings. The largest absolute Gasteiger partial charge is 0.381 e. The molecular formula is C18H36N2O. The van der Waals surface area contributed by atoms with E-state index in [-0.39, 0.29) is 0 Å². The van der Waals surface area contributed by atoms with Crippen LogP contribution in [0.25, 0.3) is 0 Å². The second kappa shape index (κ2) is 8.50. The van der Waals surface area contributed by atoms with Gasteiger partial charge in [-0.2, -0.15) is 0 Å². The maximum Gasteiger partial charge on any atom is 0.0478 e. The minimum Gasteiger partial charge on any atom is -0.381 e. The first kappa shape index (κ1) is 17.2. The van der Waals surface area contributed by atoms with Crippen LogP contribution in [-0.2, 0) is 4.74 Å². The molecule has 0 aromatic carbocycles. The highest BCUT2D eigenvalue weighted by Crippen LogP contribution is 2.33. The van der Waals surface area contributed by atoms with Crippen molar-refractivity contribution in [3.8, 4) is 0 Å². The highest BCUT2D eigenvalue weighted by Gasteiger charge is 2.40. The summed E-state index contributed by atoms with van der Waals surface area (Å²) in [6.45, 7) is 12.4. The van der Waals surface area contributed by atoms with Gasteiger partial charge in [-0.3, -0.25) is 4.90 Å². The van der Waals surface area contributed by atoms with E-state index in [0.717, 1.165) is 25.6 Å². The van der Waals surface area contributed by atoms with E-state index in [0.29, 0.717) is 11.6 Å². The molecule has 1 aliphatic carbocycles. The third-order valence-corrected chi connectivity index (χ3v) is 5.32. The van der Waals surface area contributed by atoms with Crippen molar-refractivity contribution in [1.82, 2.24) is 10.2 Å². The van der Waals surface area contributed by atoms with E-state index < -0.39 is 0 Å². The lowest BCUT2D eigenvalue weighted by atomic mass is 9.78. The molecule has 0 bridgehead atoms. The molecule has 0 amide bonds. The molecule has 0 aromatic rings. The lowest BCUT2D eigenvalue weighted by molar-refractivity contribution is 0.0281. The topological polar surface area (TPSA) is 24.5 Å². The Bertz CT molecular complexity index is 287. The Labute approximate surface area is 131 Å². The number of nitrogens with zero attached hydrogens (tertiary/aromatic N) is 1. The zero-order chi connectivity index (χ0) is 15.1. The fraction of sp³-hybridized carbons (Fsp3) is 1.00. The zero-order valence-corrected chi connectivity index (χ0v) is 14.5. The smallest absolute Gasteiger partial charge is 0.0478 e. The van der Waals surface area contributed by atoms with Gasteiger partial charge in [-0.25, -0.2) is 0 Å². The number of ether oxygens (including phenoxy) is 1. The van der Waals surface area contributed by atoms with Crippen LogP contribution < -0.4 is 5.32 Å². The van der Waals surface area contributed by atoms with Gasteiger partial charge in [0.05, 0.1) is 0 Å². The molecular weight excluding hydrogens is 260 g/mol. The summed E-state index contributed by atoms with van der Waals surface area (Å²) < 4.78 is 5.66. The van der Waals surface area contributed by atoms with E-state index >= 15 is 0 Å². The summed E-state index contributed by atoms with van der Waals surface area (Å²) in [5.74, 6) is 0.731. The Kier molecular flexibility index (Phi) is 6.97. The van der Waals surface area contributed by atoms with Gasteiger partial charge in [0.25, 0.3) is 0 Å². The van der Waals surface area contributed by atoms with E-state index in [9.17, 15) is 0 Å². The van der Waals surface area contributed by atoms with Gasteiger partial charge in [0.2, 0.25) is 0 Å². The Morgan fingerprint density at radius 1 is 1.19 bits per heavy atom. The van der Waals surface area contributed by atoms with Crippen LogP contribution in [0.5, 0.6) is 0 Å². The molecule has 3 nitrogen and oxygen atoms in total. The molecule has 0 aromatic heterocycles. The molecule has 1 saturated heterocycles. The lowest BCUT2D eigenvalue weighted by Gasteiger charge is -2.51. The number of nitrogens with one attached hydrogen (secondary N) is 1. The molecule has 1 spiro atoms. The van der Waals surface area contributed by atoms with Crippen LogP contribution in [0, 0.1) is 5.92 Å². The maximum absolute atomic E-state index is 5.66. The van der Waals surface area contributed by atoms with Gasteiger partial charge >= 0.3 is 0 Å². The maximum atomic E-state index is 5.66. The molecule has 3 heteroatoms. The van der Waals surface area contributed by atoms with Crippen LogP contribution in [0.4, 0.5) is 0 Å². The van der Waals surface area contributed by atoms with Crippen LogP contribution in [-0.4, -0.2) is 49.3 Å². The summed E-state index contributed by atoms with van der Waals surface area (Å²) in [5.41, 5.74) is 0.425. The van der Waals surface area contributed by atoms with Crippen LogP contribution in [0.1, 0.15) is 65.7 Å². The molecule has 2 rings (SSSR count). The van der Waals surface area contributed by atoms with Gasteiger partial charge in [-0.05, 0) is 31.6 Å². The summed E-state index contributed by atoms with van der Waals surface area (Å²) >= 11 is 0. The summed E-state index contributed by atoms with van der Waals surface area (Å²) in [6.07, 6.45) is 9.31. The first-order valence-corrected chi connectivity index (χ1v) is 9.24. The van der Waals surface area contributed by atoms with Crippen LogP contribution >= 0.6 is 0 Å². The van der Waals surface area contributed by atoms with Crippen LogP contribution in [0.3, 0.4) is 0 Å². The van der Waals surface area contributed by atoms with E-state index in [1.165, 1.54) is 58.2 Å². The van der Waals surface area contributed by atoms with Crippen molar-refractivity contribution in [3.05, 3.63) is 0 Å². The summed E-state index contributed by atoms with van der Waals surface area (Å²) in [5, 5.41) is 3.93. The van der Waals surface area contributed by atoms with Crippen molar-refractivity contribution in [2.45, 2.75) is 77.3 Å². The third kappa shape index (κ3) is 4.94. The van der Waals surface area contributed by atoms with Gasteiger partial charge < -0.3 is 10.1 Å². The molecule has 1 atom stereocenters. The molecule has 21 heavy (non-hydrogen) atoms. The second-order valence-corrected chi connectivity index (χ2v) is 7.47. The number of rotatable bonds is 7. The van der Waals surface area contributed by atoms with E-state index in [1.807, 2.05) is 0 Å². The highest BCUT2D eigenvalue weighted by atomic mass is 16.5. The first-order chi connectivity index (χ1) is 10.2. The van der Waals surface area contributed by atoms with Gasteiger partial charge in [-0.1, -0.05) is 40.0 Å². The fourth-order valence-electron chi connectivity index (χ4n) is 4.09. The Hall–Kier alpha value is -0.120. The predicted octanol–water partition coefficient (Wildman–Crippen LogP) is 3.44. The molecule has 2 aliphatic rings.